The normalized spacial score (nSPS) is 40.3. The number of aliphatic hydroxyl groups is 8. The third kappa shape index (κ3) is 9.33. The van der Waals surface area contributed by atoms with E-state index in [0.717, 1.165) is 10.5 Å². The first-order chi connectivity index (χ1) is 23.2. The lowest BCUT2D eigenvalue weighted by Gasteiger charge is -2.50. The van der Waals surface area contributed by atoms with Crippen molar-refractivity contribution in [3.63, 3.8) is 0 Å². The average Bonchev–Trinajstić information content (AvgIpc) is 3.06. The number of aliphatic carboxylic acids is 1. The van der Waals surface area contributed by atoms with Crippen molar-refractivity contribution in [2.75, 3.05) is 19.8 Å². The third-order valence-corrected chi connectivity index (χ3v) is 8.94. The molecule has 1 aromatic rings. The number of carbonyl (C=O) groups is 2. The number of nitrogens with one attached hydrogen (secondary N) is 1. The standard InChI is InChI=1S/C29H42INO18/c1-10(26(41)42)43-25-22(40)29(44-13-5-3-12(30)4-6-13)47-16(9-34)23(25)48-27-17(31-11(2)35)24(19(37)15(8-33)45-27)49-28-21(39)20(38)18(36)14(7-32)46-28/h3-6,10,14-25,27-29,32-34,36-40H,7-9H2,1-2H3,(H,31,35)(H,41,42)/t10-,14?,15?,16?,17?,18+,19+,20?,21?,22?,23+,24?,25?,27+,28+,29-/m1/s1. The van der Waals surface area contributed by atoms with Crippen LogP contribution in [0.25, 0.3) is 0 Å². The van der Waals surface area contributed by atoms with Crippen LogP contribution in [0.2, 0.25) is 0 Å². The second-order valence-electron chi connectivity index (χ2n) is 11.7. The summed E-state index contributed by atoms with van der Waals surface area (Å²) in [7, 11) is 0. The van der Waals surface area contributed by atoms with E-state index in [0.29, 0.717) is 0 Å². The highest BCUT2D eigenvalue weighted by atomic mass is 127. The molecule has 20 heteroatoms. The van der Waals surface area contributed by atoms with E-state index in [-0.39, 0.29) is 5.75 Å². The summed E-state index contributed by atoms with van der Waals surface area (Å²) < 4.78 is 41.3. The van der Waals surface area contributed by atoms with E-state index >= 15 is 0 Å². The summed E-state index contributed by atoms with van der Waals surface area (Å²) in [6, 6.07) is 5.09. The van der Waals surface area contributed by atoms with Crippen LogP contribution in [0, 0.1) is 3.57 Å². The number of benzene rings is 1. The molecule has 3 fully saturated rings. The summed E-state index contributed by atoms with van der Waals surface area (Å²) in [5.74, 6) is -1.86. The zero-order chi connectivity index (χ0) is 36.2. The topological polar surface area (TPSA) is 293 Å². The van der Waals surface area contributed by atoms with Gasteiger partial charge in [0.1, 0.15) is 78.9 Å². The molecular formula is C29H42INO18. The number of rotatable bonds is 13. The average molecular weight is 820 g/mol. The molecule has 0 saturated carbocycles. The highest BCUT2D eigenvalue weighted by Gasteiger charge is 2.55. The quantitative estimate of drug-likeness (QED) is 0.0844. The van der Waals surface area contributed by atoms with Crippen LogP contribution < -0.4 is 10.1 Å². The Morgan fingerprint density at radius 1 is 0.755 bits per heavy atom. The SMILES string of the molecule is CC(=O)NC1C(O[C@@H]2OC(CO)[C@H](O)C(O)C2O)[C@@H](O)C(CO)O[C@H]1O[C@H]1C(CO)O[C@@H](Oc2ccc(I)cc2)C(O)C1O[C@H](C)C(=O)O. The van der Waals surface area contributed by atoms with Crippen molar-refractivity contribution in [2.24, 2.45) is 0 Å². The zero-order valence-corrected chi connectivity index (χ0v) is 28.4. The van der Waals surface area contributed by atoms with Gasteiger partial charge >= 0.3 is 5.97 Å². The number of hydrogen-bond donors (Lipinski definition) is 10. The van der Waals surface area contributed by atoms with Crippen LogP contribution in [0.4, 0.5) is 0 Å². The maximum Gasteiger partial charge on any atom is 0.332 e. The van der Waals surface area contributed by atoms with Crippen molar-refractivity contribution in [3.8, 4) is 5.75 Å². The van der Waals surface area contributed by atoms with Gasteiger partial charge < -0.3 is 84.4 Å². The summed E-state index contributed by atoms with van der Waals surface area (Å²) in [4.78, 5) is 24.2. The van der Waals surface area contributed by atoms with Crippen LogP contribution in [0.5, 0.6) is 5.75 Å². The lowest BCUT2D eigenvalue weighted by atomic mass is 9.94. The number of halogens is 1. The zero-order valence-electron chi connectivity index (χ0n) is 26.2. The van der Waals surface area contributed by atoms with Crippen molar-refractivity contribution >= 4 is 34.5 Å². The molecule has 0 aliphatic carbocycles. The third-order valence-electron chi connectivity index (χ3n) is 8.22. The van der Waals surface area contributed by atoms with E-state index in [4.69, 9.17) is 33.2 Å². The molecule has 3 saturated heterocycles. The van der Waals surface area contributed by atoms with Crippen LogP contribution in [-0.4, -0.2) is 176 Å². The molecule has 19 nitrogen and oxygen atoms in total. The molecule has 3 aliphatic rings. The highest BCUT2D eigenvalue weighted by Crippen LogP contribution is 2.34. The maximum absolute atomic E-state index is 12.4. The Morgan fingerprint density at radius 2 is 1.31 bits per heavy atom. The van der Waals surface area contributed by atoms with Crippen LogP contribution in [0.1, 0.15) is 13.8 Å². The van der Waals surface area contributed by atoms with E-state index in [9.17, 15) is 55.5 Å². The number of amides is 1. The summed E-state index contributed by atoms with van der Waals surface area (Å²) in [6.07, 6.45) is -24.7. The smallest absolute Gasteiger partial charge is 0.332 e. The largest absolute Gasteiger partial charge is 0.479 e. The van der Waals surface area contributed by atoms with Crippen LogP contribution in [-0.2, 0) is 38.0 Å². The van der Waals surface area contributed by atoms with Crippen LogP contribution in [0.3, 0.4) is 0 Å². The molecule has 9 unspecified atom stereocenters. The fourth-order valence-electron chi connectivity index (χ4n) is 5.62. The second kappa shape index (κ2) is 17.6. The van der Waals surface area contributed by atoms with E-state index in [2.05, 4.69) is 27.9 Å². The van der Waals surface area contributed by atoms with Crippen LogP contribution >= 0.6 is 22.6 Å². The van der Waals surface area contributed by atoms with E-state index in [1.807, 2.05) is 0 Å². The summed E-state index contributed by atoms with van der Waals surface area (Å²) >= 11 is 2.08. The molecule has 0 radical (unpaired) electrons. The van der Waals surface area contributed by atoms with Crippen molar-refractivity contribution in [3.05, 3.63) is 27.8 Å². The Labute approximate surface area is 293 Å². The van der Waals surface area contributed by atoms with Gasteiger partial charge in [0.2, 0.25) is 12.2 Å². The van der Waals surface area contributed by atoms with E-state index in [1.54, 1.807) is 24.3 Å². The van der Waals surface area contributed by atoms with Crippen molar-refractivity contribution < 1.29 is 88.7 Å². The lowest BCUT2D eigenvalue weighted by molar-refractivity contribution is -0.364. The van der Waals surface area contributed by atoms with Gasteiger partial charge in [-0.05, 0) is 53.8 Å². The van der Waals surface area contributed by atoms with Crippen LogP contribution in [0.15, 0.2) is 24.3 Å². The summed E-state index contributed by atoms with van der Waals surface area (Å²) in [6.45, 7) is -0.150. The molecule has 10 N–H and O–H groups in total. The molecular weight excluding hydrogens is 777 g/mol. The van der Waals surface area contributed by atoms with E-state index < -0.39 is 130 Å². The van der Waals surface area contributed by atoms with E-state index in [1.165, 1.54) is 6.92 Å². The first kappa shape index (κ1) is 39.9. The minimum atomic E-state index is -1.92. The van der Waals surface area contributed by atoms with Crippen molar-refractivity contribution in [1.29, 1.82) is 0 Å². The molecule has 0 aromatic heterocycles. The highest BCUT2D eigenvalue weighted by molar-refractivity contribution is 14.1. The van der Waals surface area contributed by atoms with Crippen molar-refractivity contribution in [2.45, 2.75) is 112 Å². The van der Waals surface area contributed by atoms with Gasteiger partial charge in [-0.2, -0.15) is 0 Å². The van der Waals surface area contributed by atoms with Gasteiger partial charge in [0.05, 0.1) is 19.8 Å². The molecule has 0 spiro atoms. The molecule has 278 valence electrons. The lowest BCUT2D eigenvalue weighted by Crippen LogP contribution is -2.70. The number of ether oxygens (including phenoxy) is 7. The number of aliphatic hydroxyl groups excluding tert-OH is 8. The predicted molar refractivity (Wildman–Crippen MR) is 166 cm³/mol. The Balaban J connectivity index is 1.67. The molecule has 3 heterocycles. The van der Waals surface area contributed by atoms with Gasteiger partial charge in [0, 0.05) is 10.5 Å². The molecule has 49 heavy (non-hydrogen) atoms. The fourth-order valence-corrected chi connectivity index (χ4v) is 5.98. The first-order valence-corrected chi connectivity index (χ1v) is 16.4. The molecule has 0 bridgehead atoms. The minimum Gasteiger partial charge on any atom is -0.479 e. The number of carboxylic acids is 1. The number of hydrogen-bond acceptors (Lipinski definition) is 17. The van der Waals surface area contributed by atoms with Crippen molar-refractivity contribution in [1.82, 2.24) is 5.32 Å². The Morgan fingerprint density at radius 3 is 1.88 bits per heavy atom. The van der Waals surface area contributed by atoms with Gasteiger partial charge in [-0.15, -0.1) is 0 Å². The molecule has 1 amide bonds. The monoisotopic (exact) mass is 819 g/mol. The maximum atomic E-state index is 12.4. The molecule has 16 atom stereocenters. The van der Waals surface area contributed by atoms with Gasteiger partial charge in [-0.1, -0.05) is 0 Å². The van der Waals surface area contributed by atoms with Gasteiger partial charge in [0.25, 0.3) is 0 Å². The first-order valence-electron chi connectivity index (χ1n) is 15.3. The Bertz CT molecular complexity index is 1230. The Hall–Kier alpha value is -1.87. The van der Waals surface area contributed by atoms with Gasteiger partial charge in [0.15, 0.2) is 18.7 Å². The summed E-state index contributed by atoms with van der Waals surface area (Å²) in [5, 5.41) is 95.6. The predicted octanol–water partition coefficient (Wildman–Crippen LogP) is -4.24. The fraction of sp³-hybridized carbons (Fsp3) is 0.724. The number of carboxylic acid groups (broad SMARTS) is 1. The Kier molecular flexibility index (Phi) is 14.3. The number of carbonyl (C=O) groups excluding carboxylic acids is 1. The van der Waals surface area contributed by atoms with Gasteiger partial charge in [-0.3, -0.25) is 4.79 Å². The molecule has 3 aliphatic heterocycles. The second-order valence-corrected chi connectivity index (χ2v) is 13.0. The van der Waals surface area contributed by atoms with Gasteiger partial charge in [-0.25, -0.2) is 4.79 Å². The molecule has 4 rings (SSSR count). The minimum absolute atomic E-state index is 0.264. The summed E-state index contributed by atoms with van der Waals surface area (Å²) in [5.41, 5.74) is 0. The molecule has 1 aromatic carbocycles.